The standard InChI is InChI=1S/C8H8N2O/c11-8-1-3-10-4-2-9-6-7(10)5-8/h2,4-6H,1,3H2. The minimum atomic E-state index is 0.193. The number of allylic oxidation sites excluding steroid dienone is 2. The summed E-state index contributed by atoms with van der Waals surface area (Å²) in [6, 6.07) is 0. The van der Waals surface area contributed by atoms with E-state index in [4.69, 9.17) is 0 Å². The Morgan fingerprint density at radius 1 is 1.55 bits per heavy atom. The Bertz CT molecular complexity index is 276. The molecular formula is C8H8N2O. The molecule has 3 heteroatoms. The van der Waals surface area contributed by atoms with Crippen molar-refractivity contribution in [3.63, 3.8) is 0 Å². The second-order valence-corrected chi connectivity index (χ2v) is 2.56. The number of aliphatic imine (C=N–C) groups is 1. The fraction of sp³-hybridized carbons (Fsp3) is 0.250. The van der Waals surface area contributed by atoms with Crippen molar-refractivity contribution in [2.75, 3.05) is 6.54 Å². The van der Waals surface area contributed by atoms with E-state index in [0.717, 1.165) is 12.2 Å². The molecule has 3 nitrogen and oxygen atoms in total. The van der Waals surface area contributed by atoms with Crippen LogP contribution in [0.4, 0.5) is 0 Å². The summed E-state index contributed by atoms with van der Waals surface area (Å²) in [5, 5.41) is 0. The third-order valence-corrected chi connectivity index (χ3v) is 1.78. The van der Waals surface area contributed by atoms with E-state index in [1.54, 1.807) is 18.5 Å². The summed E-state index contributed by atoms with van der Waals surface area (Å²) in [7, 11) is 0. The van der Waals surface area contributed by atoms with Gasteiger partial charge in [0.25, 0.3) is 0 Å². The first kappa shape index (κ1) is 6.34. The number of fused-ring (bicyclic) bond motifs is 1. The van der Waals surface area contributed by atoms with Crippen molar-refractivity contribution in [1.82, 2.24) is 4.90 Å². The lowest BCUT2D eigenvalue weighted by Gasteiger charge is -2.25. The summed E-state index contributed by atoms with van der Waals surface area (Å²) in [6.45, 7) is 0.785. The van der Waals surface area contributed by atoms with Gasteiger partial charge < -0.3 is 4.90 Å². The van der Waals surface area contributed by atoms with E-state index in [9.17, 15) is 4.79 Å². The molecule has 0 aliphatic carbocycles. The number of rotatable bonds is 0. The van der Waals surface area contributed by atoms with Crippen molar-refractivity contribution >= 4 is 12.0 Å². The highest BCUT2D eigenvalue weighted by Crippen LogP contribution is 2.13. The van der Waals surface area contributed by atoms with Gasteiger partial charge in [0.05, 0.1) is 11.9 Å². The van der Waals surface area contributed by atoms with Gasteiger partial charge >= 0.3 is 0 Å². The first-order chi connectivity index (χ1) is 5.36. The van der Waals surface area contributed by atoms with Gasteiger partial charge in [-0.1, -0.05) is 0 Å². The monoisotopic (exact) mass is 148 g/mol. The van der Waals surface area contributed by atoms with Crippen LogP contribution in [0.1, 0.15) is 6.42 Å². The maximum Gasteiger partial charge on any atom is 0.159 e. The molecule has 2 rings (SSSR count). The van der Waals surface area contributed by atoms with Crippen molar-refractivity contribution in [1.29, 1.82) is 0 Å². The van der Waals surface area contributed by atoms with Gasteiger partial charge in [-0.3, -0.25) is 9.79 Å². The summed E-state index contributed by atoms with van der Waals surface area (Å²) >= 11 is 0. The minimum Gasteiger partial charge on any atom is -0.345 e. The average molecular weight is 148 g/mol. The first-order valence-corrected chi connectivity index (χ1v) is 3.57. The molecule has 0 aromatic carbocycles. The van der Waals surface area contributed by atoms with Crippen molar-refractivity contribution in [3.8, 4) is 0 Å². The largest absolute Gasteiger partial charge is 0.345 e. The van der Waals surface area contributed by atoms with Crippen LogP contribution in [0.2, 0.25) is 0 Å². The van der Waals surface area contributed by atoms with Crippen LogP contribution in [0, 0.1) is 0 Å². The fourth-order valence-electron chi connectivity index (χ4n) is 1.19. The van der Waals surface area contributed by atoms with E-state index in [2.05, 4.69) is 4.99 Å². The number of hydrogen-bond donors (Lipinski definition) is 0. The van der Waals surface area contributed by atoms with Crippen LogP contribution in [0.25, 0.3) is 0 Å². The zero-order valence-electron chi connectivity index (χ0n) is 6.03. The van der Waals surface area contributed by atoms with Gasteiger partial charge in [-0.05, 0) is 0 Å². The van der Waals surface area contributed by atoms with E-state index in [0.29, 0.717) is 6.42 Å². The summed E-state index contributed by atoms with van der Waals surface area (Å²) in [5.41, 5.74) is 0.906. The van der Waals surface area contributed by atoms with Gasteiger partial charge in [-0.2, -0.15) is 0 Å². The molecule has 2 aliphatic heterocycles. The first-order valence-electron chi connectivity index (χ1n) is 3.57. The van der Waals surface area contributed by atoms with E-state index in [1.807, 2.05) is 11.1 Å². The molecule has 0 spiro atoms. The zero-order valence-corrected chi connectivity index (χ0v) is 6.03. The van der Waals surface area contributed by atoms with Gasteiger partial charge in [0.15, 0.2) is 5.78 Å². The zero-order chi connectivity index (χ0) is 7.68. The van der Waals surface area contributed by atoms with Crippen LogP contribution in [0.3, 0.4) is 0 Å². The summed E-state index contributed by atoms with van der Waals surface area (Å²) in [4.78, 5) is 16.9. The number of carbonyl (C=O) groups is 1. The lowest BCUT2D eigenvalue weighted by atomic mass is 10.1. The highest BCUT2D eigenvalue weighted by atomic mass is 16.1. The number of hydrogen-bond acceptors (Lipinski definition) is 3. The summed E-state index contributed by atoms with van der Waals surface area (Å²) in [5.74, 6) is 0.193. The van der Waals surface area contributed by atoms with E-state index in [1.165, 1.54) is 0 Å². The summed E-state index contributed by atoms with van der Waals surface area (Å²) < 4.78 is 0. The lowest BCUT2D eigenvalue weighted by molar-refractivity contribution is -0.115. The Morgan fingerprint density at radius 2 is 2.45 bits per heavy atom. The smallest absolute Gasteiger partial charge is 0.159 e. The molecule has 0 saturated heterocycles. The van der Waals surface area contributed by atoms with Gasteiger partial charge in [0, 0.05) is 31.4 Å². The molecule has 0 saturated carbocycles. The molecule has 0 aromatic heterocycles. The summed E-state index contributed by atoms with van der Waals surface area (Å²) in [6.07, 6.45) is 7.57. The molecule has 0 N–H and O–H groups in total. The van der Waals surface area contributed by atoms with Gasteiger partial charge in [0.1, 0.15) is 0 Å². The number of carbonyl (C=O) groups excluding carboxylic acids is 1. The quantitative estimate of drug-likeness (QED) is 0.506. The maximum atomic E-state index is 10.9. The van der Waals surface area contributed by atoms with Crippen LogP contribution in [0.15, 0.2) is 29.2 Å². The molecule has 2 heterocycles. The molecule has 0 atom stereocenters. The van der Waals surface area contributed by atoms with Crippen LogP contribution in [0.5, 0.6) is 0 Å². The SMILES string of the molecule is O=C1C=C2C=NC=CN2CC1. The van der Waals surface area contributed by atoms with Crippen molar-refractivity contribution < 1.29 is 4.79 Å². The third-order valence-electron chi connectivity index (χ3n) is 1.78. The minimum absolute atomic E-state index is 0.193. The molecule has 0 aromatic rings. The Kier molecular flexibility index (Phi) is 1.35. The van der Waals surface area contributed by atoms with E-state index in [-0.39, 0.29) is 5.78 Å². The van der Waals surface area contributed by atoms with Crippen LogP contribution in [-0.4, -0.2) is 23.4 Å². The average Bonchev–Trinajstić information content (AvgIpc) is 2.04. The van der Waals surface area contributed by atoms with Crippen molar-refractivity contribution in [3.05, 3.63) is 24.2 Å². The second-order valence-electron chi connectivity index (χ2n) is 2.56. The predicted molar refractivity (Wildman–Crippen MR) is 42.0 cm³/mol. The molecule has 0 bridgehead atoms. The highest BCUT2D eigenvalue weighted by molar-refractivity contribution is 5.97. The Balaban J connectivity index is 2.33. The van der Waals surface area contributed by atoms with Crippen LogP contribution >= 0.6 is 0 Å². The Morgan fingerprint density at radius 3 is 3.36 bits per heavy atom. The normalized spacial score (nSPS) is 21.6. The van der Waals surface area contributed by atoms with E-state index < -0.39 is 0 Å². The lowest BCUT2D eigenvalue weighted by Crippen LogP contribution is -2.27. The Hall–Kier alpha value is -1.38. The molecule has 2 aliphatic rings. The number of nitrogens with zero attached hydrogens (tertiary/aromatic N) is 2. The van der Waals surface area contributed by atoms with Crippen LogP contribution in [-0.2, 0) is 4.79 Å². The maximum absolute atomic E-state index is 10.9. The van der Waals surface area contributed by atoms with Crippen molar-refractivity contribution in [2.24, 2.45) is 4.99 Å². The fourth-order valence-corrected chi connectivity index (χ4v) is 1.19. The molecule has 0 unspecified atom stereocenters. The van der Waals surface area contributed by atoms with Crippen LogP contribution < -0.4 is 0 Å². The highest BCUT2D eigenvalue weighted by Gasteiger charge is 2.15. The van der Waals surface area contributed by atoms with Crippen molar-refractivity contribution in [2.45, 2.75) is 6.42 Å². The van der Waals surface area contributed by atoms with Gasteiger partial charge in [-0.15, -0.1) is 0 Å². The molecule has 0 amide bonds. The second kappa shape index (κ2) is 2.34. The van der Waals surface area contributed by atoms with Gasteiger partial charge in [-0.25, -0.2) is 0 Å². The molecular weight excluding hydrogens is 140 g/mol. The topological polar surface area (TPSA) is 32.7 Å². The van der Waals surface area contributed by atoms with E-state index >= 15 is 0 Å². The Labute approximate surface area is 64.7 Å². The molecule has 0 radical (unpaired) electrons. The third kappa shape index (κ3) is 1.09. The van der Waals surface area contributed by atoms with Gasteiger partial charge in [0.2, 0.25) is 0 Å². The molecule has 56 valence electrons. The number of ketones is 1. The molecule has 0 fully saturated rings. The predicted octanol–water partition coefficient (Wildman–Crippen LogP) is 0.701. The molecule has 11 heavy (non-hydrogen) atoms.